The highest BCUT2D eigenvalue weighted by Crippen LogP contribution is 2.56. The maximum absolute atomic E-state index is 12.4. The summed E-state index contributed by atoms with van der Waals surface area (Å²) in [5.74, 6) is -2.06. The molecule has 0 aromatic heterocycles. The van der Waals surface area contributed by atoms with Crippen LogP contribution in [0.15, 0.2) is 35.5 Å². The predicted molar refractivity (Wildman–Crippen MR) is 93.3 cm³/mol. The van der Waals surface area contributed by atoms with Gasteiger partial charge in [-0.25, -0.2) is 9.59 Å². The Morgan fingerprint density at radius 1 is 1.48 bits per heavy atom. The van der Waals surface area contributed by atoms with Crippen LogP contribution in [0.3, 0.4) is 0 Å². The van der Waals surface area contributed by atoms with E-state index in [1.807, 2.05) is 13.0 Å². The van der Waals surface area contributed by atoms with Crippen molar-refractivity contribution in [2.45, 2.75) is 44.2 Å². The van der Waals surface area contributed by atoms with Gasteiger partial charge in [0.05, 0.1) is 30.8 Å². The van der Waals surface area contributed by atoms with Crippen molar-refractivity contribution in [2.75, 3.05) is 13.2 Å². The number of fused-ring (bicyclic) bond motifs is 2. The minimum Gasteiger partial charge on any atom is -0.458 e. The molecule has 2 heterocycles. The van der Waals surface area contributed by atoms with Gasteiger partial charge in [0.15, 0.2) is 0 Å². The van der Waals surface area contributed by atoms with Gasteiger partial charge in [-0.3, -0.25) is 0 Å². The molecule has 0 spiro atoms. The van der Waals surface area contributed by atoms with Crippen molar-refractivity contribution >= 4 is 11.9 Å². The average Bonchev–Trinajstić information content (AvgIpc) is 3.17. The van der Waals surface area contributed by atoms with Crippen LogP contribution in [0.4, 0.5) is 0 Å². The van der Waals surface area contributed by atoms with Gasteiger partial charge in [-0.15, -0.1) is 0 Å². The topological polar surface area (TPSA) is 102 Å². The van der Waals surface area contributed by atoms with E-state index in [0.29, 0.717) is 0 Å². The van der Waals surface area contributed by atoms with E-state index in [1.54, 1.807) is 6.92 Å². The SMILES string of the molecule is C=C1C(=O)O[C@@H]2[C@@H]1[C@@H](OC(=O)/C(C)=C/CO)C[C@@]1(O)CO[C@H]3C=C(C)[C@@H]2[C@H]31. The van der Waals surface area contributed by atoms with Crippen molar-refractivity contribution in [2.24, 2.45) is 17.8 Å². The first-order chi connectivity index (χ1) is 12.8. The van der Waals surface area contributed by atoms with E-state index in [0.717, 1.165) is 5.57 Å². The molecule has 27 heavy (non-hydrogen) atoms. The van der Waals surface area contributed by atoms with Crippen LogP contribution in [0.5, 0.6) is 0 Å². The van der Waals surface area contributed by atoms with Crippen LogP contribution in [0, 0.1) is 17.8 Å². The number of carbonyl (C=O) groups excluding carboxylic acids is 2. The number of esters is 2. The molecule has 4 aliphatic rings. The molecule has 0 bridgehead atoms. The van der Waals surface area contributed by atoms with Crippen LogP contribution in [0.25, 0.3) is 0 Å². The molecule has 146 valence electrons. The van der Waals surface area contributed by atoms with Crippen LogP contribution in [0.1, 0.15) is 20.3 Å². The third kappa shape index (κ3) is 2.68. The van der Waals surface area contributed by atoms with Crippen molar-refractivity contribution in [3.63, 3.8) is 0 Å². The lowest BCUT2D eigenvalue weighted by atomic mass is 9.76. The quantitative estimate of drug-likeness (QED) is 0.424. The predicted octanol–water partition coefficient (Wildman–Crippen LogP) is 0.660. The van der Waals surface area contributed by atoms with E-state index in [9.17, 15) is 14.7 Å². The van der Waals surface area contributed by atoms with Crippen molar-refractivity contribution in [3.05, 3.63) is 35.5 Å². The van der Waals surface area contributed by atoms with Crippen molar-refractivity contribution in [1.29, 1.82) is 0 Å². The molecule has 4 rings (SSSR count). The fraction of sp³-hybridized carbons (Fsp3) is 0.600. The van der Waals surface area contributed by atoms with Crippen LogP contribution < -0.4 is 0 Å². The Hall–Kier alpha value is -1.96. The Bertz CT molecular complexity index is 766. The zero-order chi connectivity index (χ0) is 19.5. The van der Waals surface area contributed by atoms with Gasteiger partial charge in [0.2, 0.25) is 0 Å². The summed E-state index contributed by atoms with van der Waals surface area (Å²) in [6.07, 6.45) is 1.92. The van der Waals surface area contributed by atoms with Gasteiger partial charge in [-0.1, -0.05) is 18.2 Å². The van der Waals surface area contributed by atoms with Crippen LogP contribution in [0.2, 0.25) is 0 Å². The Labute approximate surface area is 157 Å². The van der Waals surface area contributed by atoms with Gasteiger partial charge in [0.1, 0.15) is 12.2 Å². The summed E-state index contributed by atoms with van der Waals surface area (Å²) in [7, 11) is 0. The highest BCUT2D eigenvalue weighted by molar-refractivity contribution is 5.92. The largest absolute Gasteiger partial charge is 0.458 e. The third-order valence-electron chi connectivity index (χ3n) is 6.39. The number of hydrogen-bond donors (Lipinski definition) is 2. The van der Waals surface area contributed by atoms with Crippen LogP contribution in [-0.2, 0) is 23.8 Å². The monoisotopic (exact) mass is 376 g/mol. The standard InChI is InChI=1S/C20H24O7/c1-9(4-5-21)18(22)26-13-7-20(24)8-25-12-6-10(2)14(16(12)20)17-15(13)11(3)19(23)27-17/h4,6,12-17,21,24H,3,5,7-8H2,1-2H3/b9-4+/t12-,13-,14+,15-,16-,17-,20+/m0/s1. The molecule has 2 aliphatic heterocycles. The molecule has 0 amide bonds. The smallest absolute Gasteiger partial charge is 0.334 e. The Morgan fingerprint density at radius 2 is 2.22 bits per heavy atom. The number of aliphatic hydroxyl groups is 2. The molecule has 2 aliphatic carbocycles. The Kier molecular flexibility index (Phi) is 4.29. The molecular formula is C20H24O7. The Morgan fingerprint density at radius 3 is 2.93 bits per heavy atom. The van der Waals surface area contributed by atoms with Gasteiger partial charge >= 0.3 is 11.9 Å². The van der Waals surface area contributed by atoms with Gasteiger partial charge in [0.25, 0.3) is 0 Å². The highest BCUT2D eigenvalue weighted by atomic mass is 16.6. The lowest BCUT2D eigenvalue weighted by Gasteiger charge is -2.32. The van der Waals surface area contributed by atoms with Crippen molar-refractivity contribution < 1.29 is 34.0 Å². The first-order valence-corrected chi connectivity index (χ1v) is 9.17. The fourth-order valence-electron chi connectivity index (χ4n) is 5.13. The van der Waals surface area contributed by atoms with E-state index in [4.69, 9.17) is 19.3 Å². The van der Waals surface area contributed by atoms with E-state index < -0.39 is 35.7 Å². The summed E-state index contributed by atoms with van der Waals surface area (Å²) >= 11 is 0. The molecule has 0 aromatic rings. The van der Waals surface area contributed by atoms with Gasteiger partial charge in [0, 0.05) is 29.4 Å². The summed E-state index contributed by atoms with van der Waals surface area (Å²) in [5.41, 5.74) is 0.351. The minimum absolute atomic E-state index is 0.140. The number of aliphatic hydroxyl groups excluding tert-OH is 1. The Balaban J connectivity index is 1.72. The first-order valence-electron chi connectivity index (χ1n) is 9.17. The highest BCUT2D eigenvalue weighted by Gasteiger charge is 2.65. The minimum atomic E-state index is -1.18. The zero-order valence-electron chi connectivity index (χ0n) is 15.4. The van der Waals surface area contributed by atoms with E-state index in [1.165, 1.54) is 6.08 Å². The van der Waals surface area contributed by atoms with Crippen LogP contribution >= 0.6 is 0 Å². The van der Waals surface area contributed by atoms with Crippen LogP contribution in [-0.4, -0.2) is 59.3 Å². The number of hydrogen-bond acceptors (Lipinski definition) is 7. The number of rotatable bonds is 3. The molecule has 0 unspecified atom stereocenters. The van der Waals surface area contributed by atoms with Gasteiger partial charge < -0.3 is 24.4 Å². The molecule has 0 aromatic carbocycles. The maximum Gasteiger partial charge on any atom is 0.334 e. The van der Waals surface area contributed by atoms with Crippen molar-refractivity contribution in [3.8, 4) is 0 Å². The number of ether oxygens (including phenoxy) is 3. The molecule has 1 saturated carbocycles. The van der Waals surface area contributed by atoms with Crippen molar-refractivity contribution in [1.82, 2.24) is 0 Å². The lowest BCUT2D eigenvalue weighted by molar-refractivity contribution is -0.150. The molecule has 3 fully saturated rings. The summed E-state index contributed by atoms with van der Waals surface area (Å²) in [4.78, 5) is 24.7. The molecular weight excluding hydrogens is 352 g/mol. The summed E-state index contributed by atoms with van der Waals surface area (Å²) in [6, 6.07) is 0. The van der Waals surface area contributed by atoms with E-state index >= 15 is 0 Å². The summed E-state index contributed by atoms with van der Waals surface area (Å²) in [6.45, 7) is 7.22. The third-order valence-corrected chi connectivity index (χ3v) is 6.39. The normalized spacial score (nSPS) is 43.0. The second kappa shape index (κ2) is 6.29. The van der Waals surface area contributed by atoms with E-state index in [-0.39, 0.29) is 48.7 Å². The maximum atomic E-state index is 12.4. The second-order valence-corrected chi connectivity index (χ2v) is 7.98. The first kappa shape index (κ1) is 18.4. The lowest BCUT2D eigenvalue weighted by Crippen LogP contribution is -2.44. The average molecular weight is 376 g/mol. The van der Waals surface area contributed by atoms with Gasteiger partial charge in [-0.05, 0) is 19.9 Å². The van der Waals surface area contributed by atoms with E-state index in [2.05, 4.69) is 6.58 Å². The zero-order valence-corrected chi connectivity index (χ0v) is 15.4. The molecule has 0 radical (unpaired) electrons. The number of carbonyl (C=O) groups is 2. The van der Waals surface area contributed by atoms with Gasteiger partial charge in [-0.2, -0.15) is 0 Å². The fourth-order valence-corrected chi connectivity index (χ4v) is 5.13. The molecule has 2 N–H and O–H groups in total. The molecule has 2 saturated heterocycles. The summed E-state index contributed by atoms with van der Waals surface area (Å²) < 4.78 is 17.1. The molecule has 7 atom stereocenters. The molecule has 7 nitrogen and oxygen atoms in total. The second-order valence-electron chi connectivity index (χ2n) is 7.98. The molecule has 7 heteroatoms. The summed E-state index contributed by atoms with van der Waals surface area (Å²) in [5, 5.41) is 20.4.